The minimum absolute atomic E-state index is 0.0561. The Morgan fingerprint density at radius 1 is 1.10 bits per heavy atom. The van der Waals surface area contributed by atoms with E-state index in [-0.39, 0.29) is 17.9 Å². The van der Waals surface area contributed by atoms with Crippen LogP contribution in [0.1, 0.15) is 36.0 Å². The maximum absolute atomic E-state index is 12.0. The van der Waals surface area contributed by atoms with Gasteiger partial charge in [0.05, 0.1) is 0 Å². The highest BCUT2D eigenvalue weighted by molar-refractivity contribution is 5.94. The molecule has 20 heavy (non-hydrogen) atoms. The molecule has 5 heteroatoms. The molecule has 0 aromatic carbocycles. The summed E-state index contributed by atoms with van der Waals surface area (Å²) in [5, 5.41) is 3.03. The number of hydrogen-bond acceptors (Lipinski definition) is 3. The summed E-state index contributed by atoms with van der Waals surface area (Å²) in [6.45, 7) is 1.52. The molecular weight excluding hydrogens is 254 g/mol. The van der Waals surface area contributed by atoms with Crippen molar-refractivity contribution in [3.8, 4) is 0 Å². The van der Waals surface area contributed by atoms with Gasteiger partial charge in [0.25, 0.3) is 5.91 Å². The van der Waals surface area contributed by atoms with Gasteiger partial charge >= 0.3 is 0 Å². The van der Waals surface area contributed by atoms with Crippen molar-refractivity contribution in [3.63, 3.8) is 0 Å². The van der Waals surface area contributed by atoms with E-state index in [0.29, 0.717) is 11.5 Å². The van der Waals surface area contributed by atoms with E-state index in [2.05, 4.69) is 10.3 Å². The van der Waals surface area contributed by atoms with Crippen molar-refractivity contribution in [2.75, 3.05) is 13.1 Å². The molecule has 2 amide bonds. The zero-order valence-electron chi connectivity index (χ0n) is 11.4. The first-order valence-electron chi connectivity index (χ1n) is 7.24. The highest BCUT2D eigenvalue weighted by Crippen LogP contribution is 2.31. The molecule has 106 valence electrons. The number of amides is 2. The number of likely N-dealkylation sites (tertiary alicyclic amines) is 1. The summed E-state index contributed by atoms with van der Waals surface area (Å²) < 4.78 is 0. The van der Waals surface area contributed by atoms with E-state index >= 15 is 0 Å². The predicted octanol–water partition coefficient (Wildman–Crippen LogP) is 1.21. The van der Waals surface area contributed by atoms with Crippen LogP contribution in [-0.2, 0) is 4.79 Å². The Kier molecular flexibility index (Phi) is 3.67. The first kappa shape index (κ1) is 13.1. The monoisotopic (exact) mass is 273 g/mol. The predicted molar refractivity (Wildman–Crippen MR) is 74.0 cm³/mol. The van der Waals surface area contributed by atoms with Crippen molar-refractivity contribution in [2.24, 2.45) is 5.92 Å². The van der Waals surface area contributed by atoms with Crippen LogP contribution in [0.5, 0.6) is 0 Å². The molecule has 1 saturated carbocycles. The number of aromatic nitrogens is 1. The Labute approximate surface area is 118 Å². The highest BCUT2D eigenvalue weighted by atomic mass is 16.2. The lowest BCUT2D eigenvalue weighted by molar-refractivity contribution is -0.133. The standard InChI is InChI=1S/C15H19N3O2/c19-14(11-3-7-16-8-4-11)17-13-5-9-18(10-6-13)15(20)12-1-2-12/h3-4,7-8,12-13H,1-2,5-6,9-10H2,(H,17,19). The average molecular weight is 273 g/mol. The first-order chi connectivity index (χ1) is 9.74. The molecule has 1 saturated heterocycles. The zero-order valence-corrected chi connectivity index (χ0v) is 11.4. The van der Waals surface area contributed by atoms with Crippen molar-refractivity contribution in [2.45, 2.75) is 31.7 Å². The van der Waals surface area contributed by atoms with E-state index in [1.54, 1.807) is 24.5 Å². The fourth-order valence-electron chi connectivity index (χ4n) is 2.60. The van der Waals surface area contributed by atoms with Gasteiger partial charge < -0.3 is 10.2 Å². The number of nitrogens with zero attached hydrogens (tertiary/aromatic N) is 2. The molecule has 3 rings (SSSR count). The van der Waals surface area contributed by atoms with E-state index in [1.807, 2.05) is 4.90 Å². The zero-order chi connectivity index (χ0) is 13.9. The summed E-state index contributed by atoms with van der Waals surface area (Å²) in [5.74, 6) is 0.543. The van der Waals surface area contributed by atoms with E-state index in [9.17, 15) is 9.59 Å². The Bertz CT molecular complexity index is 491. The van der Waals surface area contributed by atoms with Gasteiger partial charge in [0.15, 0.2) is 0 Å². The third-order valence-corrected chi connectivity index (χ3v) is 4.01. The molecule has 0 atom stereocenters. The Hall–Kier alpha value is -1.91. The number of piperidine rings is 1. The van der Waals surface area contributed by atoms with Gasteiger partial charge in [-0.2, -0.15) is 0 Å². The molecule has 1 aliphatic carbocycles. The summed E-state index contributed by atoms with van der Waals surface area (Å²) in [6.07, 6.45) is 7.03. The van der Waals surface area contributed by atoms with Crippen molar-refractivity contribution in [1.82, 2.24) is 15.2 Å². The topological polar surface area (TPSA) is 62.3 Å². The van der Waals surface area contributed by atoms with Gasteiger partial charge in [-0.15, -0.1) is 0 Å². The Morgan fingerprint density at radius 3 is 2.35 bits per heavy atom. The molecule has 1 aromatic heterocycles. The van der Waals surface area contributed by atoms with Gasteiger partial charge in [-0.3, -0.25) is 14.6 Å². The molecule has 2 heterocycles. The minimum atomic E-state index is -0.0561. The van der Waals surface area contributed by atoms with Gasteiger partial charge in [0, 0.05) is 43.0 Å². The number of carbonyl (C=O) groups excluding carboxylic acids is 2. The Balaban J connectivity index is 1.49. The van der Waals surface area contributed by atoms with Gasteiger partial charge in [-0.1, -0.05) is 0 Å². The highest BCUT2D eigenvalue weighted by Gasteiger charge is 2.35. The molecule has 0 bridgehead atoms. The smallest absolute Gasteiger partial charge is 0.251 e. The lowest BCUT2D eigenvalue weighted by Crippen LogP contribution is -2.47. The fourth-order valence-corrected chi connectivity index (χ4v) is 2.60. The molecule has 0 radical (unpaired) electrons. The third-order valence-electron chi connectivity index (χ3n) is 4.01. The summed E-state index contributed by atoms with van der Waals surface area (Å²) >= 11 is 0. The molecule has 5 nitrogen and oxygen atoms in total. The van der Waals surface area contributed by atoms with Crippen molar-refractivity contribution < 1.29 is 9.59 Å². The molecular formula is C15H19N3O2. The van der Waals surface area contributed by atoms with E-state index in [1.165, 1.54) is 0 Å². The fraction of sp³-hybridized carbons (Fsp3) is 0.533. The number of nitrogens with one attached hydrogen (secondary N) is 1. The number of rotatable bonds is 3. The molecule has 0 unspecified atom stereocenters. The number of carbonyl (C=O) groups is 2. The molecule has 1 N–H and O–H groups in total. The van der Waals surface area contributed by atoms with E-state index < -0.39 is 0 Å². The third kappa shape index (κ3) is 2.98. The van der Waals surface area contributed by atoms with Crippen LogP contribution in [0.2, 0.25) is 0 Å². The van der Waals surface area contributed by atoms with Crippen molar-refractivity contribution in [1.29, 1.82) is 0 Å². The maximum Gasteiger partial charge on any atom is 0.251 e. The normalized spacial score (nSPS) is 19.7. The summed E-state index contributed by atoms with van der Waals surface area (Å²) in [4.78, 5) is 29.8. The molecule has 1 aromatic rings. The lowest BCUT2D eigenvalue weighted by atomic mass is 10.0. The Morgan fingerprint density at radius 2 is 1.75 bits per heavy atom. The van der Waals surface area contributed by atoms with Gasteiger partial charge in [-0.05, 0) is 37.8 Å². The van der Waals surface area contributed by atoms with Crippen molar-refractivity contribution in [3.05, 3.63) is 30.1 Å². The maximum atomic E-state index is 12.0. The molecule has 0 spiro atoms. The number of pyridine rings is 1. The van der Waals surface area contributed by atoms with Crippen LogP contribution >= 0.6 is 0 Å². The summed E-state index contributed by atoms with van der Waals surface area (Å²) in [7, 11) is 0. The second kappa shape index (κ2) is 5.61. The van der Waals surface area contributed by atoms with Gasteiger partial charge in [0.1, 0.15) is 0 Å². The second-order valence-electron chi connectivity index (χ2n) is 5.58. The van der Waals surface area contributed by atoms with Crippen LogP contribution in [0.25, 0.3) is 0 Å². The quantitative estimate of drug-likeness (QED) is 0.900. The molecule has 2 aliphatic rings. The number of hydrogen-bond donors (Lipinski definition) is 1. The van der Waals surface area contributed by atoms with Crippen LogP contribution in [0.3, 0.4) is 0 Å². The second-order valence-corrected chi connectivity index (χ2v) is 5.58. The van der Waals surface area contributed by atoms with Gasteiger partial charge in [-0.25, -0.2) is 0 Å². The SMILES string of the molecule is O=C(NC1CCN(C(=O)C2CC2)CC1)c1ccncc1. The first-order valence-corrected chi connectivity index (χ1v) is 7.24. The van der Waals surface area contributed by atoms with Crippen LogP contribution in [0.4, 0.5) is 0 Å². The summed E-state index contributed by atoms with van der Waals surface area (Å²) in [6, 6.07) is 3.58. The largest absolute Gasteiger partial charge is 0.349 e. The van der Waals surface area contributed by atoms with Crippen molar-refractivity contribution >= 4 is 11.8 Å². The average Bonchev–Trinajstić information content (AvgIpc) is 3.33. The lowest BCUT2D eigenvalue weighted by Gasteiger charge is -2.32. The van der Waals surface area contributed by atoms with Crippen LogP contribution in [-0.4, -0.2) is 40.8 Å². The minimum Gasteiger partial charge on any atom is -0.349 e. The van der Waals surface area contributed by atoms with E-state index in [4.69, 9.17) is 0 Å². The van der Waals surface area contributed by atoms with E-state index in [0.717, 1.165) is 38.8 Å². The molecule has 1 aliphatic heterocycles. The van der Waals surface area contributed by atoms with Crippen LogP contribution in [0, 0.1) is 5.92 Å². The van der Waals surface area contributed by atoms with Gasteiger partial charge in [0.2, 0.25) is 5.91 Å². The molecule has 2 fully saturated rings. The summed E-state index contributed by atoms with van der Waals surface area (Å²) in [5.41, 5.74) is 0.636. The van der Waals surface area contributed by atoms with Crippen LogP contribution < -0.4 is 5.32 Å². The van der Waals surface area contributed by atoms with Crippen LogP contribution in [0.15, 0.2) is 24.5 Å².